The minimum atomic E-state index is -0.0730. The predicted octanol–water partition coefficient (Wildman–Crippen LogP) is 1.28. The lowest BCUT2D eigenvalue weighted by atomic mass is 9.90. The fourth-order valence-electron chi connectivity index (χ4n) is 1.40. The lowest BCUT2D eigenvalue weighted by Crippen LogP contribution is -2.28. The van der Waals surface area contributed by atoms with Gasteiger partial charge in [0.05, 0.1) is 12.5 Å². The molecule has 0 bridgehead atoms. The highest BCUT2D eigenvalue weighted by Crippen LogP contribution is 2.19. The second-order valence-corrected chi connectivity index (χ2v) is 3.06. The third kappa shape index (κ3) is 2.06. The van der Waals surface area contributed by atoms with E-state index in [4.69, 9.17) is 4.74 Å². The lowest BCUT2D eigenvalue weighted by Gasteiger charge is -2.21. The van der Waals surface area contributed by atoms with Gasteiger partial charge in [0, 0.05) is 18.7 Å². The summed E-state index contributed by atoms with van der Waals surface area (Å²) in [5, 5.41) is 0. The molecule has 0 aromatic heterocycles. The summed E-state index contributed by atoms with van der Waals surface area (Å²) in [5.41, 5.74) is 0. The van der Waals surface area contributed by atoms with Gasteiger partial charge in [-0.05, 0) is 13.3 Å². The van der Waals surface area contributed by atoms with Crippen LogP contribution in [0.25, 0.3) is 0 Å². The SMILES string of the molecule is CCOC(=O)[C@@H]1CCN=CC1C. The second-order valence-electron chi connectivity index (χ2n) is 3.06. The lowest BCUT2D eigenvalue weighted by molar-refractivity contribution is -0.149. The van der Waals surface area contributed by atoms with Crippen LogP contribution in [0.4, 0.5) is 0 Å². The van der Waals surface area contributed by atoms with E-state index in [0.717, 1.165) is 13.0 Å². The molecule has 0 aromatic rings. The van der Waals surface area contributed by atoms with Gasteiger partial charge in [-0.1, -0.05) is 6.92 Å². The molecule has 1 heterocycles. The van der Waals surface area contributed by atoms with Crippen molar-refractivity contribution in [3.8, 4) is 0 Å². The Bertz CT molecular complexity index is 189. The van der Waals surface area contributed by atoms with Crippen LogP contribution in [0.3, 0.4) is 0 Å². The number of nitrogens with zero attached hydrogens (tertiary/aromatic N) is 1. The van der Waals surface area contributed by atoms with E-state index in [1.165, 1.54) is 0 Å². The van der Waals surface area contributed by atoms with Crippen molar-refractivity contribution in [2.24, 2.45) is 16.8 Å². The third-order valence-corrected chi connectivity index (χ3v) is 2.13. The van der Waals surface area contributed by atoms with Gasteiger partial charge in [-0.15, -0.1) is 0 Å². The van der Waals surface area contributed by atoms with Gasteiger partial charge in [0.15, 0.2) is 0 Å². The molecule has 12 heavy (non-hydrogen) atoms. The van der Waals surface area contributed by atoms with Gasteiger partial charge in [-0.3, -0.25) is 9.79 Å². The molecule has 1 aliphatic rings. The van der Waals surface area contributed by atoms with E-state index in [1.807, 2.05) is 20.1 Å². The van der Waals surface area contributed by atoms with Crippen molar-refractivity contribution in [3.63, 3.8) is 0 Å². The maximum absolute atomic E-state index is 11.3. The Balaban J connectivity index is 2.50. The van der Waals surface area contributed by atoms with Crippen molar-refractivity contribution < 1.29 is 9.53 Å². The third-order valence-electron chi connectivity index (χ3n) is 2.13. The first-order chi connectivity index (χ1) is 5.75. The first kappa shape index (κ1) is 9.23. The van der Waals surface area contributed by atoms with E-state index in [-0.39, 0.29) is 17.8 Å². The fraction of sp³-hybridized carbons (Fsp3) is 0.778. The Morgan fingerprint density at radius 2 is 2.50 bits per heavy atom. The smallest absolute Gasteiger partial charge is 0.309 e. The van der Waals surface area contributed by atoms with E-state index < -0.39 is 0 Å². The average Bonchev–Trinajstić information content (AvgIpc) is 2.05. The van der Waals surface area contributed by atoms with Crippen LogP contribution < -0.4 is 0 Å². The zero-order valence-electron chi connectivity index (χ0n) is 7.62. The number of hydrogen-bond acceptors (Lipinski definition) is 3. The average molecular weight is 169 g/mol. The van der Waals surface area contributed by atoms with Gasteiger partial charge in [-0.25, -0.2) is 0 Å². The van der Waals surface area contributed by atoms with Crippen LogP contribution in [0.5, 0.6) is 0 Å². The molecule has 3 nitrogen and oxygen atoms in total. The Morgan fingerprint density at radius 1 is 1.75 bits per heavy atom. The Labute approximate surface area is 72.8 Å². The molecule has 1 rings (SSSR count). The Morgan fingerprint density at radius 3 is 3.08 bits per heavy atom. The van der Waals surface area contributed by atoms with Crippen LogP contribution >= 0.6 is 0 Å². The summed E-state index contributed by atoms with van der Waals surface area (Å²) >= 11 is 0. The summed E-state index contributed by atoms with van der Waals surface area (Å²) < 4.78 is 4.95. The summed E-state index contributed by atoms with van der Waals surface area (Å²) in [6.07, 6.45) is 2.68. The van der Waals surface area contributed by atoms with Gasteiger partial charge < -0.3 is 4.74 Å². The number of esters is 1. The van der Waals surface area contributed by atoms with E-state index >= 15 is 0 Å². The molecule has 0 amide bonds. The molecular formula is C9H15NO2. The Hall–Kier alpha value is -0.860. The highest BCUT2D eigenvalue weighted by molar-refractivity contribution is 5.78. The van der Waals surface area contributed by atoms with Crippen LogP contribution in [0.15, 0.2) is 4.99 Å². The van der Waals surface area contributed by atoms with Crippen LogP contribution in [0, 0.1) is 11.8 Å². The Kier molecular flexibility index (Phi) is 3.26. The zero-order valence-corrected chi connectivity index (χ0v) is 7.62. The minimum absolute atomic E-state index is 0.0300. The van der Waals surface area contributed by atoms with Crippen molar-refractivity contribution in [2.75, 3.05) is 13.2 Å². The predicted molar refractivity (Wildman–Crippen MR) is 47.3 cm³/mol. The monoisotopic (exact) mass is 169 g/mol. The summed E-state index contributed by atoms with van der Waals surface area (Å²) in [7, 11) is 0. The quantitative estimate of drug-likeness (QED) is 0.584. The summed E-state index contributed by atoms with van der Waals surface area (Å²) in [4.78, 5) is 15.4. The normalized spacial score (nSPS) is 28.5. The van der Waals surface area contributed by atoms with E-state index in [0.29, 0.717) is 6.61 Å². The first-order valence-electron chi connectivity index (χ1n) is 4.42. The molecule has 1 unspecified atom stereocenters. The molecule has 0 radical (unpaired) electrons. The van der Waals surface area contributed by atoms with Gasteiger partial charge in [0.2, 0.25) is 0 Å². The fourth-order valence-corrected chi connectivity index (χ4v) is 1.40. The highest BCUT2D eigenvalue weighted by atomic mass is 16.5. The van der Waals surface area contributed by atoms with Crippen LogP contribution in [0.2, 0.25) is 0 Å². The van der Waals surface area contributed by atoms with E-state index in [1.54, 1.807) is 0 Å². The molecule has 0 N–H and O–H groups in total. The van der Waals surface area contributed by atoms with Gasteiger partial charge in [0.1, 0.15) is 0 Å². The number of rotatable bonds is 2. The number of carbonyl (C=O) groups is 1. The van der Waals surface area contributed by atoms with Crippen molar-refractivity contribution in [2.45, 2.75) is 20.3 Å². The topological polar surface area (TPSA) is 38.7 Å². The molecule has 3 heteroatoms. The largest absolute Gasteiger partial charge is 0.466 e. The minimum Gasteiger partial charge on any atom is -0.466 e. The van der Waals surface area contributed by atoms with Gasteiger partial charge >= 0.3 is 5.97 Å². The molecule has 68 valence electrons. The van der Waals surface area contributed by atoms with Crippen LogP contribution in [-0.2, 0) is 9.53 Å². The maximum Gasteiger partial charge on any atom is 0.309 e. The summed E-state index contributed by atoms with van der Waals surface area (Å²) in [6.45, 7) is 5.07. The van der Waals surface area contributed by atoms with Crippen LogP contribution in [0.1, 0.15) is 20.3 Å². The number of ether oxygens (including phenoxy) is 1. The summed E-state index contributed by atoms with van der Waals surface area (Å²) in [6, 6.07) is 0. The molecule has 0 saturated carbocycles. The highest BCUT2D eigenvalue weighted by Gasteiger charge is 2.26. The van der Waals surface area contributed by atoms with Crippen LogP contribution in [-0.4, -0.2) is 25.3 Å². The molecule has 0 aliphatic carbocycles. The van der Waals surface area contributed by atoms with Gasteiger partial charge in [-0.2, -0.15) is 0 Å². The molecule has 1 aliphatic heterocycles. The number of carbonyl (C=O) groups excluding carboxylic acids is 1. The second kappa shape index (κ2) is 4.24. The van der Waals surface area contributed by atoms with Crippen molar-refractivity contribution in [1.29, 1.82) is 0 Å². The molecule has 0 saturated heterocycles. The summed E-state index contributed by atoms with van der Waals surface area (Å²) in [5.74, 6) is 0.191. The number of aliphatic imine (C=N–C) groups is 1. The van der Waals surface area contributed by atoms with E-state index in [9.17, 15) is 4.79 Å². The van der Waals surface area contributed by atoms with Crippen molar-refractivity contribution in [1.82, 2.24) is 0 Å². The first-order valence-corrected chi connectivity index (χ1v) is 4.42. The van der Waals surface area contributed by atoms with Gasteiger partial charge in [0.25, 0.3) is 0 Å². The molecular weight excluding hydrogens is 154 g/mol. The molecule has 0 fully saturated rings. The van der Waals surface area contributed by atoms with E-state index in [2.05, 4.69) is 4.99 Å². The van der Waals surface area contributed by atoms with Crippen molar-refractivity contribution in [3.05, 3.63) is 0 Å². The zero-order chi connectivity index (χ0) is 8.97. The number of hydrogen-bond donors (Lipinski definition) is 0. The molecule has 0 aromatic carbocycles. The molecule has 0 spiro atoms. The molecule has 2 atom stereocenters. The standard InChI is InChI=1S/C9H15NO2/c1-3-12-9(11)8-4-5-10-6-7(8)2/h6-8H,3-5H2,1-2H3/t7?,8-/m1/s1. The maximum atomic E-state index is 11.3. The van der Waals surface area contributed by atoms with Crippen molar-refractivity contribution >= 4 is 12.2 Å².